The smallest absolute Gasteiger partial charge is 0.0465 e. The van der Waals surface area contributed by atoms with Gasteiger partial charge >= 0.3 is 0 Å². The fourth-order valence-electron chi connectivity index (χ4n) is 3.90. The van der Waals surface area contributed by atoms with Crippen molar-refractivity contribution in [3.8, 4) is 0 Å². The highest BCUT2D eigenvalue weighted by Gasteiger charge is 2.20. The van der Waals surface area contributed by atoms with Gasteiger partial charge in [-0.25, -0.2) is 0 Å². The van der Waals surface area contributed by atoms with Gasteiger partial charge in [-0.3, -0.25) is 4.72 Å². The first-order valence-electron chi connectivity index (χ1n) is 11.6. The summed E-state index contributed by atoms with van der Waals surface area (Å²) in [6.07, 6.45) is 0.968. The first-order valence-corrected chi connectivity index (χ1v) is 12.4. The first-order chi connectivity index (χ1) is 14.9. The summed E-state index contributed by atoms with van der Waals surface area (Å²) < 4.78 is 3.86. The van der Waals surface area contributed by atoms with Crippen molar-refractivity contribution in [2.45, 2.75) is 76.7 Å². The van der Waals surface area contributed by atoms with Gasteiger partial charge in [0.2, 0.25) is 0 Å². The first kappa shape index (κ1) is 23.6. The van der Waals surface area contributed by atoms with Gasteiger partial charge < -0.3 is 0 Å². The fourth-order valence-corrected chi connectivity index (χ4v) is 5.20. The Morgan fingerprint density at radius 1 is 0.645 bits per heavy atom. The van der Waals surface area contributed by atoms with Crippen LogP contribution in [0.4, 0.5) is 0 Å². The minimum Gasteiger partial charge on any atom is -0.252 e. The van der Waals surface area contributed by atoms with Crippen molar-refractivity contribution < 1.29 is 0 Å². The largest absolute Gasteiger partial charge is 0.252 e. The molecule has 3 aromatic carbocycles. The molecule has 164 valence electrons. The summed E-state index contributed by atoms with van der Waals surface area (Å²) in [5, 5.41) is 0. The molecule has 31 heavy (non-hydrogen) atoms. The topological polar surface area (TPSA) is 12.0 Å². The monoisotopic (exact) mass is 431 g/mol. The van der Waals surface area contributed by atoms with Crippen molar-refractivity contribution in [1.82, 2.24) is 4.72 Å². The van der Waals surface area contributed by atoms with Crippen LogP contribution in [0.15, 0.2) is 77.7 Å². The zero-order chi connectivity index (χ0) is 22.4. The van der Waals surface area contributed by atoms with Gasteiger partial charge in [-0.1, -0.05) is 114 Å². The van der Waals surface area contributed by atoms with Gasteiger partial charge in [-0.2, -0.15) is 0 Å². The van der Waals surface area contributed by atoms with E-state index >= 15 is 0 Å². The number of benzene rings is 3. The van der Waals surface area contributed by atoms with Gasteiger partial charge in [0, 0.05) is 10.9 Å². The average molecular weight is 432 g/mol. The number of hydrogen-bond donors (Lipinski definition) is 1. The lowest BCUT2D eigenvalue weighted by Gasteiger charge is -2.25. The van der Waals surface area contributed by atoms with E-state index in [1.165, 1.54) is 32.7 Å². The average Bonchev–Trinajstić information content (AvgIpc) is 2.77. The summed E-state index contributed by atoms with van der Waals surface area (Å²) >= 11 is 1.82. The quantitative estimate of drug-likeness (QED) is 0.340. The van der Waals surface area contributed by atoms with Crippen LogP contribution >= 0.6 is 11.9 Å². The summed E-state index contributed by atoms with van der Waals surface area (Å²) in [6, 6.07) is 26.7. The van der Waals surface area contributed by atoms with E-state index < -0.39 is 0 Å². The Morgan fingerprint density at radius 2 is 1.16 bits per heavy atom. The SMILES string of the molecule is CC(C)c1cc(C(C)C)c(SNC(Cc2ccccc2)c2ccccc2)c(C(C)C)c1. The summed E-state index contributed by atoms with van der Waals surface area (Å²) in [5.41, 5.74) is 7.04. The van der Waals surface area contributed by atoms with Crippen LogP contribution in [0.25, 0.3) is 0 Å². The third kappa shape index (κ3) is 6.24. The standard InChI is InChI=1S/C29H37NS/c1-20(2)25-18-26(21(3)4)29(27(19-25)22(5)6)31-30-28(24-15-11-8-12-16-24)17-23-13-9-7-10-14-23/h7-16,18-22,28,30H,17H2,1-6H3. The summed E-state index contributed by atoms with van der Waals surface area (Å²) in [6.45, 7) is 13.8. The predicted molar refractivity (Wildman–Crippen MR) is 137 cm³/mol. The molecule has 3 rings (SSSR count). The molecular weight excluding hydrogens is 394 g/mol. The zero-order valence-corrected chi connectivity index (χ0v) is 20.7. The van der Waals surface area contributed by atoms with Crippen LogP contribution < -0.4 is 4.72 Å². The third-order valence-electron chi connectivity index (χ3n) is 5.87. The Labute approximate surface area is 193 Å². The van der Waals surface area contributed by atoms with Crippen molar-refractivity contribution >= 4 is 11.9 Å². The molecule has 1 N–H and O–H groups in total. The van der Waals surface area contributed by atoms with E-state index in [4.69, 9.17) is 0 Å². The van der Waals surface area contributed by atoms with Crippen LogP contribution in [0.3, 0.4) is 0 Å². The third-order valence-corrected chi connectivity index (χ3v) is 6.95. The number of nitrogens with one attached hydrogen (secondary N) is 1. The van der Waals surface area contributed by atoms with Gasteiger partial charge in [-0.05, 0) is 63.9 Å². The molecule has 3 aromatic rings. The normalized spacial score (nSPS) is 12.7. The Morgan fingerprint density at radius 3 is 1.65 bits per heavy atom. The molecule has 0 amide bonds. The molecule has 0 spiro atoms. The van der Waals surface area contributed by atoms with E-state index in [1.54, 1.807) is 0 Å². The van der Waals surface area contributed by atoms with Crippen LogP contribution in [0.2, 0.25) is 0 Å². The van der Waals surface area contributed by atoms with E-state index in [9.17, 15) is 0 Å². The molecule has 0 radical (unpaired) electrons. The Hall–Kier alpha value is -2.03. The maximum absolute atomic E-state index is 3.86. The van der Waals surface area contributed by atoms with E-state index in [0.29, 0.717) is 17.8 Å². The Balaban J connectivity index is 1.95. The van der Waals surface area contributed by atoms with E-state index in [-0.39, 0.29) is 6.04 Å². The van der Waals surface area contributed by atoms with Gasteiger partial charge in [-0.15, -0.1) is 0 Å². The molecule has 0 aromatic heterocycles. The van der Waals surface area contributed by atoms with Crippen molar-refractivity contribution in [3.63, 3.8) is 0 Å². The highest BCUT2D eigenvalue weighted by molar-refractivity contribution is 7.97. The van der Waals surface area contributed by atoms with E-state index in [2.05, 4.69) is 119 Å². The highest BCUT2D eigenvalue weighted by atomic mass is 32.2. The van der Waals surface area contributed by atoms with Crippen molar-refractivity contribution in [3.05, 3.63) is 101 Å². The molecule has 0 bridgehead atoms. The molecule has 0 aliphatic carbocycles. The summed E-state index contributed by atoms with van der Waals surface area (Å²) in [5.74, 6) is 1.52. The predicted octanol–water partition coefficient (Wildman–Crippen LogP) is 8.64. The second-order valence-corrected chi connectivity index (χ2v) is 10.2. The lowest BCUT2D eigenvalue weighted by atomic mass is 9.89. The van der Waals surface area contributed by atoms with Gasteiger partial charge in [0.15, 0.2) is 0 Å². The zero-order valence-electron chi connectivity index (χ0n) is 19.9. The second-order valence-electron chi connectivity index (χ2n) is 9.37. The molecule has 0 aliphatic heterocycles. The lowest BCUT2D eigenvalue weighted by molar-refractivity contribution is 0.670. The molecule has 0 heterocycles. The van der Waals surface area contributed by atoms with E-state index in [0.717, 1.165) is 6.42 Å². The van der Waals surface area contributed by atoms with Crippen molar-refractivity contribution in [2.24, 2.45) is 0 Å². The summed E-state index contributed by atoms with van der Waals surface area (Å²) in [7, 11) is 0. The van der Waals surface area contributed by atoms with Gasteiger partial charge in [0.05, 0.1) is 0 Å². The second kappa shape index (κ2) is 11.0. The van der Waals surface area contributed by atoms with Gasteiger partial charge in [0.1, 0.15) is 0 Å². The Kier molecular flexibility index (Phi) is 8.40. The van der Waals surface area contributed by atoms with Crippen LogP contribution in [0, 0.1) is 0 Å². The maximum Gasteiger partial charge on any atom is 0.0465 e. The fraction of sp³-hybridized carbons (Fsp3) is 0.379. The van der Waals surface area contributed by atoms with Crippen molar-refractivity contribution in [1.29, 1.82) is 0 Å². The van der Waals surface area contributed by atoms with Crippen molar-refractivity contribution in [2.75, 3.05) is 0 Å². The highest BCUT2D eigenvalue weighted by Crippen LogP contribution is 2.38. The maximum atomic E-state index is 3.86. The number of rotatable bonds is 9. The van der Waals surface area contributed by atoms with Crippen LogP contribution in [0.1, 0.15) is 93.2 Å². The lowest BCUT2D eigenvalue weighted by Crippen LogP contribution is -2.18. The molecule has 0 saturated carbocycles. The Bertz CT molecular complexity index is 916. The molecule has 0 fully saturated rings. The summed E-state index contributed by atoms with van der Waals surface area (Å²) in [4.78, 5) is 1.41. The molecule has 1 unspecified atom stereocenters. The minimum absolute atomic E-state index is 0.249. The minimum atomic E-state index is 0.249. The van der Waals surface area contributed by atoms with Crippen LogP contribution in [-0.2, 0) is 6.42 Å². The van der Waals surface area contributed by atoms with E-state index in [1.807, 2.05) is 11.9 Å². The molecule has 2 heteroatoms. The van der Waals surface area contributed by atoms with Crippen LogP contribution in [-0.4, -0.2) is 0 Å². The molecule has 1 nitrogen and oxygen atoms in total. The molecular formula is C29H37NS. The number of hydrogen-bond acceptors (Lipinski definition) is 2. The molecule has 0 saturated heterocycles. The molecule has 0 aliphatic rings. The van der Waals surface area contributed by atoms with Gasteiger partial charge in [0.25, 0.3) is 0 Å². The van der Waals surface area contributed by atoms with Crippen LogP contribution in [0.5, 0.6) is 0 Å². The molecule has 1 atom stereocenters.